The Morgan fingerprint density at radius 2 is 2.33 bits per heavy atom. The van der Waals surface area contributed by atoms with E-state index in [1.165, 1.54) is 0 Å². The summed E-state index contributed by atoms with van der Waals surface area (Å²) in [6.07, 6.45) is 5.43. The molecule has 0 unspecified atom stereocenters. The molecule has 2 N–H and O–H groups in total. The predicted molar refractivity (Wildman–Crippen MR) is 85.6 cm³/mol. The molecule has 0 aliphatic carbocycles. The molecule has 0 saturated carbocycles. The number of likely N-dealkylation sites (tertiary alicyclic amines) is 1. The fourth-order valence-corrected chi connectivity index (χ4v) is 2.98. The molecule has 8 nitrogen and oxygen atoms in total. The zero-order valence-electron chi connectivity index (χ0n) is 13.1. The van der Waals surface area contributed by atoms with Crippen molar-refractivity contribution in [2.45, 2.75) is 12.2 Å². The van der Waals surface area contributed by atoms with Gasteiger partial charge in [-0.1, -0.05) is 0 Å². The SMILES string of the molecule is Cn1cc(O[C@@H]2CN(C(=O)c3c[nH]c4ncccc34)C[C@H]2O)cn1. The summed E-state index contributed by atoms with van der Waals surface area (Å²) < 4.78 is 7.37. The number of aliphatic hydroxyl groups is 1. The Morgan fingerprint density at radius 3 is 3.12 bits per heavy atom. The number of aryl methyl sites for hydroxylation is 1. The Bertz CT molecular complexity index is 887. The molecule has 2 atom stereocenters. The maximum absolute atomic E-state index is 12.8. The molecule has 3 aromatic heterocycles. The van der Waals surface area contributed by atoms with Gasteiger partial charge < -0.3 is 19.7 Å². The summed E-state index contributed by atoms with van der Waals surface area (Å²) >= 11 is 0. The normalized spacial score (nSPS) is 20.7. The highest BCUT2D eigenvalue weighted by atomic mass is 16.5. The highest BCUT2D eigenvalue weighted by Gasteiger charge is 2.36. The number of H-pyrrole nitrogens is 1. The van der Waals surface area contributed by atoms with Crippen LogP contribution in [0.5, 0.6) is 5.75 Å². The number of aliphatic hydroxyl groups excluding tert-OH is 1. The van der Waals surface area contributed by atoms with Crippen LogP contribution in [0.1, 0.15) is 10.4 Å². The van der Waals surface area contributed by atoms with Gasteiger partial charge in [0.1, 0.15) is 17.9 Å². The van der Waals surface area contributed by atoms with Gasteiger partial charge in [-0.25, -0.2) is 4.98 Å². The molecule has 4 rings (SSSR count). The summed E-state index contributed by atoms with van der Waals surface area (Å²) in [5.74, 6) is 0.428. The first-order valence-corrected chi connectivity index (χ1v) is 7.66. The molecule has 3 aromatic rings. The third-order valence-corrected chi connectivity index (χ3v) is 4.17. The lowest BCUT2D eigenvalue weighted by Crippen LogP contribution is -2.31. The molecular formula is C16H17N5O3. The number of aromatic nitrogens is 4. The van der Waals surface area contributed by atoms with E-state index in [-0.39, 0.29) is 12.5 Å². The van der Waals surface area contributed by atoms with E-state index in [0.29, 0.717) is 23.5 Å². The summed E-state index contributed by atoms with van der Waals surface area (Å²) in [6, 6.07) is 3.64. The van der Waals surface area contributed by atoms with Gasteiger partial charge in [-0.2, -0.15) is 5.10 Å². The lowest BCUT2D eigenvalue weighted by Gasteiger charge is -2.16. The van der Waals surface area contributed by atoms with Crippen LogP contribution in [0.15, 0.2) is 36.9 Å². The lowest BCUT2D eigenvalue weighted by molar-refractivity contribution is 0.0729. The molecule has 1 aliphatic rings. The van der Waals surface area contributed by atoms with E-state index < -0.39 is 12.2 Å². The Hall–Kier alpha value is -2.87. The minimum atomic E-state index is -0.738. The van der Waals surface area contributed by atoms with Crippen molar-refractivity contribution >= 4 is 16.9 Å². The number of carbonyl (C=O) groups excluding carboxylic acids is 1. The van der Waals surface area contributed by atoms with Gasteiger partial charge in [0.2, 0.25) is 0 Å². The monoisotopic (exact) mass is 327 g/mol. The van der Waals surface area contributed by atoms with Gasteiger partial charge in [0.15, 0.2) is 5.75 Å². The third kappa shape index (κ3) is 2.50. The smallest absolute Gasteiger partial charge is 0.256 e. The fourth-order valence-electron chi connectivity index (χ4n) is 2.98. The third-order valence-electron chi connectivity index (χ3n) is 4.17. The molecule has 1 saturated heterocycles. The van der Waals surface area contributed by atoms with Crippen LogP contribution < -0.4 is 4.74 Å². The number of amides is 1. The zero-order valence-corrected chi connectivity index (χ0v) is 13.1. The van der Waals surface area contributed by atoms with Crippen molar-refractivity contribution in [3.05, 3.63) is 42.5 Å². The first kappa shape index (κ1) is 14.7. The number of rotatable bonds is 3. The molecule has 1 fully saturated rings. The number of hydrogen-bond donors (Lipinski definition) is 2. The van der Waals surface area contributed by atoms with Crippen LogP contribution in [0.3, 0.4) is 0 Å². The molecule has 1 aliphatic heterocycles. The maximum Gasteiger partial charge on any atom is 0.256 e. The number of nitrogens with zero attached hydrogens (tertiary/aromatic N) is 4. The van der Waals surface area contributed by atoms with E-state index in [0.717, 1.165) is 5.39 Å². The van der Waals surface area contributed by atoms with E-state index in [9.17, 15) is 9.90 Å². The number of hydrogen-bond acceptors (Lipinski definition) is 5. The number of carbonyl (C=O) groups is 1. The van der Waals surface area contributed by atoms with Crippen molar-refractivity contribution in [2.24, 2.45) is 7.05 Å². The van der Waals surface area contributed by atoms with E-state index in [1.807, 2.05) is 6.07 Å². The molecule has 0 aromatic carbocycles. The number of pyridine rings is 1. The van der Waals surface area contributed by atoms with Gasteiger partial charge in [0, 0.05) is 24.8 Å². The highest BCUT2D eigenvalue weighted by Crippen LogP contribution is 2.23. The average Bonchev–Trinajstić information content (AvgIpc) is 3.27. The topological polar surface area (TPSA) is 96.3 Å². The van der Waals surface area contributed by atoms with Gasteiger partial charge >= 0.3 is 0 Å². The average molecular weight is 327 g/mol. The second-order valence-electron chi connectivity index (χ2n) is 5.89. The van der Waals surface area contributed by atoms with E-state index >= 15 is 0 Å². The van der Waals surface area contributed by atoms with Crippen molar-refractivity contribution in [3.63, 3.8) is 0 Å². The van der Waals surface area contributed by atoms with Crippen LogP contribution in [0.25, 0.3) is 11.0 Å². The molecule has 0 radical (unpaired) electrons. The predicted octanol–water partition coefficient (Wildman–Crippen LogP) is 0.561. The van der Waals surface area contributed by atoms with Crippen molar-refractivity contribution in [1.82, 2.24) is 24.6 Å². The van der Waals surface area contributed by atoms with Gasteiger partial charge in [0.05, 0.1) is 31.0 Å². The van der Waals surface area contributed by atoms with Gasteiger partial charge in [-0.3, -0.25) is 9.48 Å². The molecule has 124 valence electrons. The van der Waals surface area contributed by atoms with E-state index in [4.69, 9.17) is 4.74 Å². The van der Waals surface area contributed by atoms with Gasteiger partial charge in [0.25, 0.3) is 5.91 Å². The van der Waals surface area contributed by atoms with Crippen molar-refractivity contribution in [3.8, 4) is 5.75 Å². The number of β-amino-alcohol motifs (C(OH)–C–C–N with tert-alkyl or cyclic N) is 1. The minimum Gasteiger partial charge on any atom is -0.482 e. The summed E-state index contributed by atoms with van der Waals surface area (Å²) in [5.41, 5.74) is 1.22. The molecular weight excluding hydrogens is 310 g/mol. The Kier molecular flexibility index (Phi) is 3.46. The Labute approximate surface area is 137 Å². The number of ether oxygens (including phenoxy) is 1. The van der Waals surface area contributed by atoms with Crippen molar-refractivity contribution in [2.75, 3.05) is 13.1 Å². The largest absolute Gasteiger partial charge is 0.482 e. The fraction of sp³-hybridized carbons (Fsp3) is 0.312. The minimum absolute atomic E-state index is 0.148. The highest BCUT2D eigenvalue weighted by molar-refractivity contribution is 6.06. The van der Waals surface area contributed by atoms with Crippen molar-refractivity contribution in [1.29, 1.82) is 0 Å². The second-order valence-corrected chi connectivity index (χ2v) is 5.89. The van der Waals surface area contributed by atoms with Crippen molar-refractivity contribution < 1.29 is 14.6 Å². The quantitative estimate of drug-likeness (QED) is 0.733. The maximum atomic E-state index is 12.8. The summed E-state index contributed by atoms with van der Waals surface area (Å²) in [7, 11) is 1.79. The number of aromatic amines is 1. The van der Waals surface area contributed by atoms with Crippen LogP contribution in [-0.2, 0) is 7.05 Å². The Balaban J connectivity index is 1.52. The Morgan fingerprint density at radius 1 is 1.46 bits per heavy atom. The van der Waals surface area contributed by atoms with E-state index in [1.54, 1.807) is 47.5 Å². The summed E-state index contributed by atoms with van der Waals surface area (Å²) in [4.78, 5) is 21.5. The van der Waals surface area contributed by atoms with Crippen LogP contribution >= 0.6 is 0 Å². The van der Waals surface area contributed by atoms with Crippen LogP contribution in [0.2, 0.25) is 0 Å². The van der Waals surface area contributed by atoms with Crippen LogP contribution in [0, 0.1) is 0 Å². The summed E-state index contributed by atoms with van der Waals surface area (Å²) in [5, 5.41) is 15.0. The van der Waals surface area contributed by atoms with E-state index in [2.05, 4.69) is 15.1 Å². The van der Waals surface area contributed by atoms with Gasteiger partial charge in [-0.05, 0) is 12.1 Å². The second kappa shape index (κ2) is 5.64. The first-order valence-electron chi connectivity index (χ1n) is 7.66. The molecule has 8 heteroatoms. The lowest BCUT2D eigenvalue weighted by atomic mass is 10.2. The summed E-state index contributed by atoms with van der Waals surface area (Å²) in [6.45, 7) is 0.554. The molecule has 4 heterocycles. The standard InChI is InChI=1S/C16H17N5O3/c1-20-7-10(5-19-20)24-14-9-21(8-13(14)22)16(23)12-6-18-15-11(12)3-2-4-17-15/h2-7,13-14,22H,8-9H2,1H3,(H,17,18)/t13-,14-/m1/s1. The zero-order chi connectivity index (χ0) is 16.7. The molecule has 24 heavy (non-hydrogen) atoms. The van der Waals surface area contributed by atoms with Gasteiger partial charge in [-0.15, -0.1) is 0 Å². The molecule has 0 bridgehead atoms. The molecule has 1 amide bonds. The van der Waals surface area contributed by atoms with Crippen LogP contribution in [0.4, 0.5) is 0 Å². The number of nitrogens with one attached hydrogen (secondary N) is 1. The van der Waals surface area contributed by atoms with Crippen LogP contribution in [-0.4, -0.2) is 61.0 Å². The number of fused-ring (bicyclic) bond motifs is 1. The molecule has 0 spiro atoms. The first-order chi connectivity index (χ1) is 11.6.